The van der Waals surface area contributed by atoms with Crippen LogP contribution in [0.2, 0.25) is 0 Å². The van der Waals surface area contributed by atoms with Crippen LogP contribution >= 0.6 is 0 Å². The molecule has 3 nitrogen and oxygen atoms in total. The molecule has 13 aromatic rings. The van der Waals surface area contributed by atoms with Gasteiger partial charge in [0.2, 0.25) is 0 Å². The highest BCUT2D eigenvalue weighted by Crippen LogP contribution is 2.45. The average molecular weight is 880 g/mol. The molecule has 324 valence electrons. The Bertz CT molecular complexity index is 3950. The highest BCUT2D eigenvalue weighted by Gasteiger charge is 2.21. The van der Waals surface area contributed by atoms with Gasteiger partial charge in [0.05, 0.1) is 27.8 Å². The molecule has 0 saturated carbocycles. The van der Waals surface area contributed by atoms with Crippen LogP contribution in [0.3, 0.4) is 0 Å². The van der Waals surface area contributed by atoms with Crippen molar-refractivity contribution in [1.29, 1.82) is 0 Å². The molecule has 11 aromatic carbocycles. The summed E-state index contributed by atoms with van der Waals surface area (Å²) in [5, 5.41) is 4.91. The second-order valence-corrected chi connectivity index (χ2v) is 17.7. The van der Waals surface area contributed by atoms with E-state index in [1.807, 2.05) is 0 Å². The molecule has 2 heterocycles. The van der Waals surface area contributed by atoms with Crippen molar-refractivity contribution in [2.24, 2.45) is 0 Å². The third-order valence-electron chi connectivity index (χ3n) is 13.7. The highest BCUT2D eigenvalue weighted by atomic mass is 15.1. The summed E-state index contributed by atoms with van der Waals surface area (Å²) < 4.78 is 4.83. The fourth-order valence-electron chi connectivity index (χ4n) is 10.5. The van der Waals surface area contributed by atoms with E-state index in [0.29, 0.717) is 0 Å². The summed E-state index contributed by atoms with van der Waals surface area (Å²) in [6.45, 7) is 0. The molecule has 0 N–H and O–H groups in total. The summed E-state index contributed by atoms with van der Waals surface area (Å²) in [5.41, 5.74) is 19.6. The quantitative estimate of drug-likeness (QED) is 0.141. The molecule has 69 heavy (non-hydrogen) atoms. The van der Waals surface area contributed by atoms with E-state index >= 15 is 0 Å². The SMILES string of the molecule is c1ccc(-c2ccc3c4cc(-c5cc(-c6ccc7c8ccccc8n(-c8ccccc8)c7c6)cc(-c6ccccc6N(c6ccccc6)c6ccccc6)c5)ccc4n(-c4ccccc4)c3c2)cc1. The van der Waals surface area contributed by atoms with Crippen molar-refractivity contribution in [2.45, 2.75) is 0 Å². The first kappa shape index (κ1) is 40.1. The minimum absolute atomic E-state index is 1.10. The molecule has 0 aliphatic carbocycles. The zero-order valence-corrected chi connectivity index (χ0v) is 37.8. The molecule has 0 radical (unpaired) electrons. The molecular weight excluding hydrogens is 835 g/mol. The number of benzene rings is 11. The van der Waals surface area contributed by atoms with Gasteiger partial charge in [0, 0.05) is 49.9 Å². The second-order valence-electron chi connectivity index (χ2n) is 17.7. The Morgan fingerprint density at radius 3 is 1.26 bits per heavy atom. The predicted molar refractivity (Wildman–Crippen MR) is 292 cm³/mol. The minimum Gasteiger partial charge on any atom is -0.310 e. The second kappa shape index (κ2) is 16.9. The van der Waals surface area contributed by atoms with Crippen LogP contribution in [0.1, 0.15) is 0 Å². The monoisotopic (exact) mass is 879 g/mol. The van der Waals surface area contributed by atoms with Crippen LogP contribution in [0, 0.1) is 0 Å². The molecule has 0 aliphatic rings. The van der Waals surface area contributed by atoms with E-state index in [0.717, 1.165) is 61.8 Å². The van der Waals surface area contributed by atoms with Crippen LogP contribution in [-0.4, -0.2) is 9.13 Å². The van der Waals surface area contributed by atoms with E-state index in [1.54, 1.807) is 0 Å². The van der Waals surface area contributed by atoms with Crippen LogP contribution in [0.25, 0.3) is 99.5 Å². The standard InChI is InChI=1S/C66H45N3/c1-6-20-46(21-7-1)48-34-38-60-61-43-47(36-39-64(61)69(66(60)44-48)56-28-14-5-15-29-56)50-40-51(49-35-37-59-58-31-17-19-33-63(58)68(65(59)45-49)55-26-12-4-13-27-55)42-52(41-50)57-30-16-18-32-62(57)67(53-22-8-2-9-23-53)54-24-10-3-11-25-54/h1-45H. The molecular formula is C66H45N3. The largest absolute Gasteiger partial charge is 0.310 e. The molecule has 0 amide bonds. The molecule has 3 heteroatoms. The van der Waals surface area contributed by atoms with Gasteiger partial charge in [0.25, 0.3) is 0 Å². The number of aromatic nitrogens is 2. The van der Waals surface area contributed by atoms with Gasteiger partial charge in [-0.25, -0.2) is 0 Å². The number of hydrogen-bond donors (Lipinski definition) is 0. The van der Waals surface area contributed by atoms with Gasteiger partial charge < -0.3 is 14.0 Å². The Kier molecular flexibility index (Phi) is 9.84. The van der Waals surface area contributed by atoms with Crippen molar-refractivity contribution >= 4 is 60.7 Å². The Hall–Kier alpha value is -9.18. The highest BCUT2D eigenvalue weighted by molar-refractivity contribution is 6.12. The summed E-state index contributed by atoms with van der Waals surface area (Å²) in [7, 11) is 0. The Morgan fingerprint density at radius 1 is 0.232 bits per heavy atom. The lowest BCUT2D eigenvalue weighted by molar-refractivity contribution is 1.18. The molecule has 0 saturated heterocycles. The fraction of sp³-hybridized carbons (Fsp3) is 0. The normalized spacial score (nSPS) is 11.5. The van der Waals surface area contributed by atoms with Gasteiger partial charge in [-0.1, -0.05) is 170 Å². The van der Waals surface area contributed by atoms with Crippen LogP contribution in [0.5, 0.6) is 0 Å². The lowest BCUT2D eigenvalue weighted by atomic mass is 9.91. The molecule has 0 atom stereocenters. The Labute approximate surface area is 401 Å². The van der Waals surface area contributed by atoms with Gasteiger partial charge in [0.1, 0.15) is 0 Å². The van der Waals surface area contributed by atoms with Crippen molar-refractivity contribution in [3.63, 3.8) is 0 Å². The van der Waals surface area contributed by atoms with Gasteiger partial charge >= 0.3 is 0 Å². The minimum atomic E-state index is 1.10. The summed E-state index contributed by atoms with van der Waals surface area (Å²) in [4.78, 5) is 2.38. The summed E-state index contributed by atoms with van der Waals surface area (Å²) in [6.07, 6.45) is 0. The zero-order chi connectivity index (χ0) is 45.7. The number of nitrogens with zero attached hydrogens (tertiary/aromatic N) is 3. The van der Waals surface area contributed by atoms with Crippen LogP contribution in [-0.2, 0) is 0 Å². The lowest BCUT2D eigenvalue weighted by Gasteiger charge is -2.28. The Morgan fingerprint density at radius 2 is 0.652 bits per heavy atom. The molecule has 0 bridgehead atoms. The van der Waals surface area contributed by atoms with Gasteiger partial charge in [0.15, 0.2) is 0 Å². The van der Waals surface area contributed by atoms with Crippen molar-refractivity contribution in [1.82, 2.24) is 9.13 Å². The summed E-state index contributed by atoms with van der Waals surface area (Å²) in [6, 6.07) is 99.3. The van der Waals surface area contributed by atoms with Crippen molar-refractivity contribution < 1.29 is 0 Å². The third-order valence-corrected chi connectivity index (χ3v) is 13.7. The average Bonchev–Trinajstić information content (AvgIpc) is 3.94. The van der Waals surface area contributed by atoms with Gasteiger partial charge in [-0.15, -0.1) is 0 Å². The first-order valence-electron chi connectivity index (χ1n) is 23.7. The number of anilines is 3. The number of rotatable bonds is 9. The predicted octanol–water partition coefficient (Wildman–Crippen LogP) is 18.0. The number of para-hydroxylation sites is 6. The lowest BCUT2D eigenvalue weighted by Crippen LogP contribution is -2.10. The van der Waals surface area contributed by atoms with E-state index in [-0.39, 0.29) is 0 Å². The first-order valence-corrected chi connectivity index (χ1v) is 23.7. The first-order chi connectivity index (χ1) is 34.2. The van der Waals surface area contributed by atoms with Gasteiger partial charge in [-0.2, -0.15) is 0 Å². The van der Waals surface area contributed by atoms with Crippen LogP contribution in [0.4, 0.5) is 17.1 Å². The smallest absolute Gasteiger partial charge is 0.0547 e. The molecule has 0 unspecified atom stereocenters. The van der Waals surface area contributed by atoms with Crippen LogP contribution in [0.15, 0.2) is 273 Å². The van der Waals surface area contributed by atoms with Gasteiger partial charge in [-0.05, 0) is 142 Å². The van der Waals surface area contributed by atoms with E-state index in [1.165, 1.54) is 54.7 Å². The van der Waals surface area contributed by atoms with E-state index < -0.39 is 0 Å². The number of fused-ring (bicyclic) bond motifs is 6. The van der Waals surface area contributed by atoms with Gasteiger partial charge in [-0.3, -0.25) is 0 Å². The topological polar surface area (TPSA) is 13.1 Å². The Balaban J connectivity index is 1.05. The molecule has 0 fully saturated rings. The fourth-order valence-corrected chi connectivity index (χ4v) is 10.5. The number of hydrogen-bond acceptors (Lipinski definition) is 1. The van der Waals surface area contributed by atoms with Crippen molar-refractivity contribution in [3.8, 4) is 55.9 Å². The maximum Gasteiger partial charge on any atom is 0.0547 e. The van der Waals surface area contributed by atoms with E-state index in [2.05, 4.69) is 287 Å². The maximum atomic E-state index is 2.42. The molecule has 0 spiro atoms. The van der Waals surface area contributed by atoms with Crippen molar-refractivity contribution in [2.75, 3.05) is 4.90 Å². The summed E-state index contributed by atoms with van der Waals surface area (Å²) >= 11 is 0. The molecule has 13 rings (SSSR count). The zero-order valence-electron chi connectivity index (χ0n) is 37.8. The third kappa shape index (κ3) is 7.08. The van der Waals surface area contributed by atoms with E-state index in [9.17, 15) is 0 Å². The molecule has 0 aliphatic heterocycles. The van der Waals surface area contributed by atoms with Crippen molar-refractivity contribution in [3.05, 3.63) is 273 Å². The maximum absolute atomic E-state index is 2.42. The molecule has 2 aromatic heterocycles. The van der Waals surface area contributed by atoms with E-state index in [4.69, 9.17) is 0 Å². The summed E-state index contributed by atoms with van der Waals surface area (Å²) in [5.74, 6) is 0. The van der Waals surface area contributed by atoms with Crippen LogP contribution < -0.4 is 4.90 Å².